The van der Waals surface area contributed by atoms with E-state index in [1.807, 2.05) is 0 Å². The number of ether oxygens (including phenoxy) is 2. The number of alkyl halides is 3. The van der Waals surface area contributed by atoms with E-state index in [2.05, 4.69) is 4.74 Å². The van der Waals surface area contributed by atoms with Crippen LogP contribution < -0.4 is 0 Å². The molecule has 3 fully saturated rings. The average molecular weight is 430 g/mol. The van der Waals surface area contributed by atoms with Crippen LogP contribution in [0.15, 0.2) is 0 Å². The first kappa shape index (κ1) is 21.6. The minimum atomic E-state index is -4.83. The summed E-state index contributed by atoms with van der Waals surface area (Å²) in [5.74, 6) is 0. The molecular weight excluding hydrogens is 405 g/mol. The maximum Gasteiger partial charge on any atom is 0.427 e. The second-order valence-corrected chi connectivity index (χ2v) is 9.97. The molecule has 8 nitrogen and oxygen atoms in total. The van der Waals surface area contributed by atoms with Gasteiger partial charge in [0.25, 0.3) is 0 Å². The Morgan fingerprint density at radius 3 is 2.46 bits per heavy atom. The number of hydrogen-bond acceptors (Lipinski definition) is 6. The van der Waals surface area contributed by atoms with Crippen molar-refractivity contribution in [2.24, 2.45) is 0 Å². The quantitative estimate of drug-likeness (QED) is 0.702. The van der Waals surface area contributed by atoms with Gasteiger partial charge in [0.2, 0.25) is 16.1 Å². The summed E-state index contributed by atoms with van der Waals surface area (Å²) in [7, 11) is -1.77. The summed E-state index contributed by atoms with van der Waals surface area (Å²) in [5, 5.41) is 8.47. The van der Waals surface area contributed by atoms with Crippen LogP contribution >= 0.6 is 0 Å². The first-order chi connectivity index (χ1) is 13.0. The molecule has 0 aromatic heterocycles. The number of piperidine rings is 1. The Morgan fingerprint density at radius 2 is 1.96 bits per heavy atom. The van der Waals surface area contributed by atoms with Crippen molar-refractivity contribution in [2.45, 2.75) is 61.3 Å². The van der Waals surface area contributed by atoms with Gasteiger partial charge in [-0.2, -0.15) is 17.5 Å². The summed E-state index contributed by atoms with van der Waals surface area (Å²) >= 11 is 0. The lowest BCUT2D eigenvalue weighted by molar-refractivity contribution is -0.215. The van der Waals surface area contributed by atoms with E-state index in [9.17, 15) is 26.4 Å². The topological polar surface area (TPSA) is 96.4 Å². The lowest BCUT2D eigenvalue weighted by atomic mass is 9.87. The van der Waals surface area contributed by atoms with Crippen molar-refractivity contribution in [1.82, 2.24) is 9.21 Å². The van der Waals surface area contributed by atoms with Gasteiger partial charge < -0.3 is 19.5 Å². The Morgan fingerprint density at radius 1 is 1.36 bits per heavy atom. The zero-order valence-electron chi connectivity index (χ0n) is 15.5. The van der Waals surface area contributed by atoms with Crippen LogP contribution in [0.3, 0.4) is 0 Å². The van der Waals surface area contributed by atoms with Crippen LogP contribution in [-0.4, -0.2) is 91.3 Å². The fraction of sp³-hybridized carbons (Fsp3) is 0.938. The van der Waals surface area contributed by atoms with Gasteiger partial charge in [0.1, 0.15) is 0 Å². The van der Waals surface area contributed by atoms with E-state index in [1.54, 1.807) is 7.05 Å². The van der Waals surface area contributed by atoms with Crippen molar-refractivity contribution in [3.05, 3.63) is 0 Å². The van der Waals surface area contributed by atoms with Gasteiger partial charge in [-0.25, -0.2) is 13.2 Å². The highest BCUT2D eigenvalue weighted by atomic mass is 32.2. The molecule has 0 aromatic carbocycles. The molecule has 1 aliphatic carbocycles. The number of likely N-dealkylation sites (N-methyl/N-ethyl adjacent to an activating group) is 1. The van der Waals surface area contributed by atoms with Crippen molar-refractivity contribution >= 4 is 16.1 Å². The first-order valence-electron chi connectivity index (χ1n) is 9.22. The maximum absolute atomic E-state index is 12.6. The summed E-state index contributed by atoms with van der Waals surface area (Å²) in [6.45, 7) is -0.797. The van der Waals surface area contributed by atoms with Crippen molar-refractivity contribution < 1.29 is 41.0 Å². The summed E-state index contributed by atoms with van der Waals surface area (Å²) in [5.41, 5.74) is -0.588. The molecule has 2 atom stereocenters. The number of nitrogens with zero attached hydrogens (tertiary/aromatic N) is 2. The number of sulfonamides is 1. The average Bonchev–Trinajstić information content (AvgIpc) is 3.42. The number of carbonyl (C=O) groups is 1. The minimum absolute atomic E-state index is 0.140. The van der Waals surface area contributed by atoms with Gasteiger partial charge >= 0.3 is 12.3 Å². The summed E-state index contributed by atoms with van der Waals surface area (Å²) < 4.78 is 74.3. The second-order valence-electron chi connectivity index (χ2n) is 7.70. The number of aliphatic hydroxyl groups excluding tert-OH is 1. The lowest BCUT2D eigenvalue weighted by Crippen LogP contribution is -2.49. The largest absolute Gasteiger partial charge is 0.434 e. The van der Waals surface area contributed by atoms with E-state index in [-0.39, 0.29) is 31.0 Å². The maximum atomic E-state index is 12.6. The third-order valence-corrected chi connectivity index (χ3v) is 8.17. The molecule has 28 heavy (non-hydrogen) atoms. The lowest BCUT2D eigenvalue weighted by Gasteiger charge is -2.38. The normalized spacial score (nSPS) is 26.6. The second kappa shape index (κ2) is 7.62. The van der Waals surface area contributed by atoms with Gasteiger partial charge in [-0.1, -0.05) is 0 Å². The Hall–Kier alpha value is -1.11. The fourth-order valence-electron chi connectivity index (χ4n) is 3.71. The van der Waals surface area contributed by atoms with Crippen molar-refractivity contribution in [1.29, 1.82) is 0 Å². The SMILES string of the molecule is CN([C@H]1COC2(CCN(C(=O)OC(CO)C(F)(F)F)CC2)C1)S(=O)(=O)C1CC1. The van der Waals surface area contributed by atoms with E-state index in [0.29, 0.717) is 32.1 Å². The van der Waals surface area contributed by atoms with Crippen LogP contribution in [0.4, 0.5) is 18.0 Å². The molecule has 0 radical (unpaired) electrons. The van der Waals surface area contributed by atoms with Gasteiger partial charge in [0.15, 0.2) is 0 Å². The van der Waals surface area contributed by atoms with Gasteiger partial charge in [0, 0.05) is 20.1 Å². The Bertz CT molecular complexity index is 689. The zero-order valence-corrected chi connectivity index (χ0v) is 16.3. The molecular formula is C16H25F3N2O6S. The van der Waals surface area contributed by atoms with Crippen LogP contribution in [-0.2, 0) is 19.5 Å². The Balaban J connectivity index is 1.53. The first-order valence-corrected chi connectivity index (χ1v) is 10.7. The minimum Gasteiger partial charge on any atom is -0.434 e. The van der Waals surface area contributed by atoms with Gasteiger partial charge in [-0.05, 0) is 32.1 Å². The van der Waals surface area contributed by atoms with Gasteiger partial charge in [-0.3, -0.25) is 0 Å². The predicted octanol–water partition coefficient (Wildman–Crippen LogP) is 1.09. The zero-order chi connectivity index (χ0) is 20.7. The summed E-state index contributed by atoms with van der Waals surface area (Å²) in [6.07, 6.45) is -5.92. The molecule has 1 spiro atoms. The number of carbonyl (C=O) groups excluding carboxylic acids is 1. The van der Waals surface area contributed by atoms with Crippen LogP contribution in [0, 0.1) is 0 Å². The van der Waals surface area contributed by atoms with E-state index in [0.717, 1.165) is 4.90 Å². The number of hydrogen-bond donors (Lipinski definition) is 1. The van der Waals surface area contributed by atoms with E-state index in [4.69, 9.17) is 9.84 Å². The monoisotopic (exact) mass is 430 g/mol. The smallest absolute Gasteiger partial charge is 0.427 e. The predicted molar refractivity (Wildman–Crippen MR) is 91.0 cm³/mol. The van der Waals surface area contributed by atoms with Crippen molar-refractivity contribution in [3.63, 3.8) is 0 Å². The number of halogens is 3. The van der Waals surface area contributed by atoms with E-state index >= 15 is 0 Å². The third kappa shape index (κ3) is 4.39. The standard InChI is InChI=1S/C16H25F3N2O6S/c1-20(28(24,25)12-2-3-12)11-8-15(26-10-11)4-6-21(7-5-15)14(23)27-13(9-22)16(17,18)19/h11-13,22H,2-10H2,1H3/t11-,13?/m1/s1. The number of likely N-dealkylation sites (tertiary alicyclic amines) is 1. The molecule has 0 bridgehead atoms. The van der Waals surface area contributed by atoms with Crippen LogP contribution in [0.5, 0.6) is 0 Å². The molecule has 1 N–H and O–H groups in total. The molecule has 2 saturated heterocycles. The molecule has 1 unspecified atom stereocenters. The number of rotatable bonds is 5. The fourth-order valence-corrected chi connectivity index (χ4v) is 5.46. The number of amides is 1. The van der Waals surface area contributed by atoms with Crippen LogP contribution in [0.2, 0.25) is 0 Å². The van der Waals surface area contributed by atoms with E-state index in [1.165, 1.54) is 4.31 Å². The molecule has 162 valence electrons. The highest BCUT2D eigenvalue weighted by molar-refractivity contribution is 7.90. The number of aliphatic hydroxyl groups is 1. The Kier molecular flexibility index (Phi) is 5.87. The van der Waals surface area contributed by atoms with Crippen molar-refractivity contribution in [3.8, 4) is 0 Å². The van der Waals surface area contributed by atoms with Gasteiger partial charge in [0.05, 0.1) is 30.1 Å². The molecule has 1 amide bonds. The van der Waals surface area contributed by atoms with Crippen molar-refractivity contribution in [2.75, 3.05) is 33.4 Å². The molecule has 12 heteroatoms. The molecule has 1 saturated carbocycles. The highest BCUT2D eigenvalue weighted by Gasteiger charge is 2.49. The summed E-state index contributed by atoms with van der Waals surface area (Å²) in [4.78, 5) is 13.1. The van der Waals surface area contributed by atoms with Crippen LogP contribution in [0.25, 0.3) is 0 Å². The van der Waals surface area contributed by atoms with Gasteiger partial charge in [-0.15, -0.1) is 0 Å². The molecule has 2 heterocycles. The summed E-state index contributed by atoms with van der Waals surface area (Å²) in [6, 6.07) is -0.284. The molecule has 2 aliphatic heterocycles. The Labute approximate surface area is 161 Å². The molecule has 3 rings (SSSR count). The third-order valence-electron chi connectivity index (χ3n) is 5.76. The molecule has 3 aliphatic rings. The molecule has 0 aromatic rings. The van der Waals surface area contributed by atoms with E-state index < -0.39 is 40.6 Å². The van der Waals surface area contributed by atoms with Crippen LogP contribution in [0.1, 0.15) is 32.1 Å². The highest BCUT2D eigenvalue weighted by Crippen LogP contribution is 2.40.